The van der Waals surface area contributed by atoms with Crippen molar-refractivity contribution in [2.45, 2.75) is 65.0 Å². The molecule has 3 N–H and O–H groups in total. The summed E-state index contributed by atoms with van der Waals surface area (Å²) in [6, 6.07) is 7.30. The predicted octanol–water partition coefficient (Wildman–Crippen LogP) is 6.84. The minimum Gasteiger partial charge on any atom is -0.496 e. The van der Waals surface area contributed by atoms with Crippen molar-refractivity contribution in [2.75, 3.05) is 13.7 Å². The first-order valence-corrected chi connectivity index (χ1v) is 13.1. The first kappa shape index (κ1) is 26.2. The summed E-state index contributed by atoms with van der Waals surface area (Å²) in [4.78, 5) is 17.4. The molecule has 2 aliphatic rings. The second kappa shape index (κ2) is 9.69. The number of fused-ring (bicyclic) bond motifs is 2. The average Bonchev–Trinajstić information content (AvgIpc) is 3.56. The van der Waals surface area contributed by atoms with Crippen LogP contribution in [0.5, 0.6) is 5.75 Å². The van der Waals surface area contributed by atoms with Crippen LogP contribution >= 0.6 is 0 Å². The van der Waals surface area contributed by atoms with Gasteiger partial charge in [0.2, 0.25) is 5.92 Å². The van der Waals surface area contributed by atoms with Crippen molar-refractivity contribution in [2.24, 2.45) is 5.41 Å². The lowest BCUT2D eigenvalue weighted by Crippen LogP contribution is -2.53. The normalized spacial score (nSPS) is 20.2. The summed E-state index contributed by atoms with van der Waals surface area (Å²) >= 11 is 0. The number of carbonyl (C=O) groups is 1. The summed E-state index contributed by atoms with van der Waals surface area (Å²) in [5, 5.41) is 18.4. The van der Waals surface area contributed by atoms with E-state index < -0.39 is 17.3 Å². The SMILES string of the molecule is CC.COc1cc(C)c2[nH]ccc2c1CN1CCC2(CC1c1ccc(C(=O)O)c3cn[nH]c13)CC(F)(F)C2. The number of ether oxygens (including phenoxy) is 1. The van der Waals surface area contributed by atoms with E-state index in [0.29, 0.717) is 36.8 Å². The number of aryl methyl sites for hydroxylation is 1. The smallest absolute Gasteiger partial charge is 0.336 e. The molecule has 2 aromatic heterocycles. The van der Waals surface area contributed by atoms with Crippen LogP contribution in [0.25, 0.3) is 21.8 Å². The highest BCUT2D eigenvalue weighted by Crippen LogP contribution is 2.61. The number of rotatable bonds is 5. The molecule has 1 spiro atoms. The maximum Gasteiger partial charge on any atom is 0.336 e. The van der Waals surface area contributed by atoms with Gasteiger partial charge in [-0.2, -0.15) is 5.10 Å². The lowest BCUT2D eigenvalue weighted by atomic mass is 9.59. The van der Waals surface area contributed by atoms with Crippen LogP contribution in [-0.2, 0) is 6.54 Å². The quantitative estimate of drug-likeness (QED) is 0.266. The highest BCUT2D eigenvalue weighted by molar-refractivity contribution is 6.03. The van der Waals surface area contributed by atoms with Crippen molar-refractivity contribution in [3.8, 4) is 5.75 Å². The fourth-order valence-electron chi connectivity index (χ4n) is 6.55. The van der Waals surface area contributed by atoms with Crippen LogP contribution in [0.15, 0.2) is 36.7 Å². The van der Waals surface area contributed by atoms with Gasteiger partial charge < -0.3 is 14.8 Å². The molecule has 6 rings (SSSR count). The molecule has 9 heteroatoms. The summed E-state index contributed by atoms with van der Waals surface area (Å²) in [6.07, 6.45) is 4.52. The molecular weight excluding hydrogens is 490 g/mol. The lowest BCUT2D eigenvalue weighted by molar-refractivity contribution is -0.186. The van der Waals surface area contributed by atoms with E-state index in [0.717, 1.165) is 33.3 Å². The number of halogens is 2. The first-order chi connectivity index (χ1) is 18.2. The van der Waals surface area contributed by atoms with Crippen LogP contribution in [0.2, 0.25) is 0 Å². The Balaban J connectivity index is 0.00000144. The molecule has 1 aliphatic carbocycles. The fraction of sp³-hybridized carbons (Fsp3) is 0.448. The van der Waals surface area contributed by atoms with Gasteiger partial charge in [-0.1, -0.05) is 19.9 Å². The van der Waals surface area contributed by atoms with Crippen LogP contribution in [0, 0.1) is 12.3 Å². The van der Waals surface area contributed by atoms with E-state index in [-0.39, 0.29) is 24.4 Å². The Labute approximate surface area is 220 Å². The largest absolute Gasteiger partial charge is 0.496 e. The minimum atomic E-state index is -2.61. The average molecular weight is 525 g/mol. The van der Waals surface area contributed by atoms with Gasteiger partial charge in [-0.25, -0.2) is 13.6 Å². The number of carboxylic acids is 1. The van der Waals surface area contributed by atoms with Crippen LogP contribution in [0.1, 0.15) is 72.6 Å². The van der Waals surface area contributed by atoms with E-state index >= 15 is 0 Å². The molecule has 2 aromatic carbocycles. The third-order valence-electron chi connectivity index (χ3n) is 8.19. The van der Waals surface area contributed by atoms with Crippen LogP contribution in [-0.4, -0.2) is 50.7 Å². The van der Waals surface area contributed by atoms with Gasteiger partial charge in [0.15, 0.2) is 0 Å². The molecule has 38 heavy (non-hydrogen) atoms. The van der Waals surface area contributed by atoms with Gasteiger partial charge in [0, 0.05) is 53.5 Å². The molecule has 1 saturated heterocycles. The van der Waals surface area contributed by atoms with Crippen molar-refractivity contribution in [1.29, 1.82) is 0 Å². The van der Waals surface area contributed by atoms with Gasteiger partial charge in [-0.05, 0) is 61.1 Å². The number of nitrogens with one attached hydrogen (secondary N) is 2. The number of piperidine rings is 1. The van der Waals surface area contributed by atoms with E-state index in [9.17, 15) is 18.7 Å². The molecule has 0 amide bonds. The van der Waals surface area contributed by atoms with E-state index in [1.807, 2.05) is 45.2 Å². The zero-order valence-corrected chi connectivity index (χ0v) is 22.2. The topological polar surface area (TPSA) is 94.2 Å². The molecule has 4 aromatic rings. The van der Waals surface area contributed by atoms with E-state index in [1.165, 1.54) is 6.20 Å². The summed E-state index contributed by atoms with van der Waals surface area (Å²) in [7, 11) is 1.66. The minimum absolute atomic E-state index is 0.0976. The number of H-pyrrole nitrogens is 2. The number of aromatic nitrogens is 3. The maximum atomic E-state index is 14.0. The second-order valence-electron chi connectivity index (χ2n) is 10.5. The molecule has 2 fully saturated rings. The third kappa shape index (κ3) is 4.32. The van der Waals surface area contributed by atoms with E-state index in [4.69, 9.17) is 4.74 Å². The first-order valence-electron chi connectivity index (χ1n) is 13.1. The standard InChI is InChI=1S/C27H28F2N4O3.C2H6/c1-15-9-22(36-2)20(16-5-7-30-23(15)16)12-33-8-6-26(13-27(28,29)14-26)10-21(33)18-4-3-17(25(34)35)19-11-31-32-24(18)19;1-2/h3-5,7,9,11,21,30H,6,8,10,12-14H2,1-2H3,(H,31,32)(H,34,35);1-2H3. The van der Waals surface area contributed by atoms with Gasteiger partial charge in [0.05, 0.1) is 24.4 Å². The Kier molecular flexibility index (Phi) is 6.67. The van der Waals surface area contributed by atoms with E-state index in [2.05, 4.69) is 20.1 Å². The number of hydrogen-bond donors (Lipinski definition) is 3. The molecule has 0 radical (unpaired) electrons. The Bertz CT molecular complexity index is 1480. The number of alkyl halides is 2. The number of aromatic carboxylic acids is 1. The molecule has 3 heterocycles. The number of aromatic amines is 2. The maximum absolute atomic E-state index is 14.0. The Hall–Kier alpha value is -3.46. The molecule has 1 unspecified atom stereocenters. The summed E-state index contributed by atoms with van der Waals surface area (Å²) in [5.74, 6) is -2.84. The Morgan fingerprint density at radius 1 is 1.21 bits per heavy atom. The van der Waals surface area contributed by atoms with Crippen LogP contribution in [0.4, 0.5) is 8.78 Å². The summed E-state index contributed by atoms with van der Waals surface area (Å²) in [6.45, 7) is 7.26. The monoisotopic (exact) mass is 524 g/mol. The molecule has 1 saturated carbocycles. The Morgan fingerprint density at radius 3 is 2.66 bits per heavy atom. The number of hydrogen-bond acceptors (Lipinski definition) is 4. The van der Waals surface area contributed by atoms with Gasteiger partial charge >= 0.3 is 5.97 Å². The number of methoxy groups -OCH3 is 1. The van der Waals surface area contributed by atoms with Crippen molar-refractivity contribution < 1.29 is 23.4 Å². The molecule has 202 valence electrons. The number of carboxylic acid groups (broad SMARTS) is 1. The predicted molar refractivity (Wildman–Crippen MR) is 143 cm³/mol. The van der Waals surface area contributed by atoms with E-state index in [1.54, 1.807) is 13.2 Å². The molecule has 7 nitrogen and oxygen atoms in total. The third-order valence-corrected chi connectivity index (χ3v) is 8.19. The molecular formula is C29H34F2N4O3. The molecule has 1 aliphatic heterocycles. The van der Waals surface area contributed by atoms with Crippen molar-refractivity contribution in [1.82, 2.24) is 20.1 Å². The van der Waals surface area contributed by atoms with Crippen LogP contribution in [0.3, 0.4) is 0 Å². The van der Waals surface area contributed by atoms with Gasteiger partial charge in [0.25, 0.3) is 0 Å². The fourth-order valence-corrected chi connectivity index (χ4v) is 6.55. The zero-order valence-electron chi connectivity index (χ0n) is 22.2. The number of benzene rings is 2. The molecule has 1 atom stereocenters. The van der Waals surface area contributed by atoms with Gasteiger partial charge in [0.1, 0.15) is 5.75 Å². The van der Waals surface area contributed by atoms with Gasteiger partial charge in [-0.15, -0.1) is 0 Å². The van der Waals surface area contributed by atoms with Crippen molar-refractivity contribution in [3.63, 3.8) is 0 Å². The lowest BCUT2D eigenvalue weighted by Gasteiger charge is -2.54. The highest BCUT2D eigenvalue weighted by Gasteiger charge is 2.58. The summed E-state index contributed by atoms with van der Waals surface area (Å²) in [5.41, 5.74) is 4.48. The highest BCUT2D eigenvalue weighted by atomic mass is 19.3. The molecule has 0 bridgehead atoms. The summed E-state index contributed by atoms with van der Waals surface area (Å²) < 4.78 is 33.9. The Morgan fingerprint density at radius 2 is 1.97 bits per heavy atom. The van der Waals surface area contributed by atoms with Crippen molar-refractivity contribution in [3.05, 3.63) is 58.9 Å². The second-order valence-corrected chi connectivity index (χ2v) is 10.5. The van der Waals surface area contributed by atoms with Crippen LogP contribution < -0.4 is 4.74 Å². The van der Waals surface area contributed by atoms with Crippen molar-refractivity contribution >= 4 is 27.8 Å². The zero-order chi connectivity index (χ0) is 27.2. The van der Waals surface area contributed by atoms with Gasteiger partial charge in [-0.3, -0.25) is 10.00 Å². The number of likely N-dealkylation sites (tertiary alicyclic amines) is 1. The number of nitrogens with zero attached hydrogens (tertiary/aromatic N) is 2.